The topological polar surface area (TPSA) is 26.3 Å². The number of carbonyl (C=O) groups excluding carboxylic acids is 1. The van der Waals surface area contributed by atoms with Crippen molar-refractivity contribution in [2.24, 2.45) is 0 Å². The average molecular weight is 286 g/mol. The Hall–Kier alpha value is -2.16. The van der Waals surface area contributed by atoms with Crippen molar-refractivity contribution in [2.75, 3.05) is 6.61 Å². The molecule has 0 unspecified atom stereocenters. The van der Waals surface area contributed by atoms with E-state index in [1.165, 1.54) is 18.2 Å². The van der Waals surface area contributed by atoms with E-state index >= 15 is 0 Å². The van der Waals surface area contributed by atoms with E-state index in [4.69, 9.17) is 4.74 Å². The number of hydrogen-bond donors (Lipinski definition) is 0. The maximum Gasteiger partial charge on any atom is 0.200 e. The molecule has 0 amide bonds. The monoisotopic (exact) mass is 286 g/mol. The quantitative estimate of drug-likeness (QED) is 0.779. The summed E-state index contributed by atoms with van der Waals surface area (Å²) >= 11 is 0. The summed E-state index contributed by atoms with van der Waals surface area (Å²) in [7, 11) is 0. The molecule has 2 nitrogen and oxygen atoms in total. The number of ketones is 1. The first-order chi connectivity index (χ1) is 9.86. The van der Waals surface area contributed by atoms with Gasteiger partial charge in [-0.05, 0) is 35.2 Å². The number of benzene rings is 2. The molecule has 21 heavy (non-hydrogen) atoms. The van der Waals surface area contributed by atoms with Gasteiger partial charge < -0.3 is 4.74 Å². The summed E-state index contributed by atoms with van der Waals surface area (Å²) < 4.78 is 18.6. The van der Waals surface area contributed by atoms with Gasteiger partial charge in [0.25, 0.3) is 0 Å². The lowest BCUT2D eigenvalue weighted by Gasteiger charge is -2.19. The van der Waals surface area contributed by atoms with Gasteiger partial charge in [-0.15, -0.1) is 0 Å². The highest BCUT2D eigenvalue weighted by Crippen LogP contribution is 2.25. The second-order valence-electron chi connectivity index (χ2n) is 6.00. The van der Waals surface area contributed by atoms with Crippen LogP contribution < -0.4 is 4.74 Å². The summed E-state index contributed by atoms with van der Waals surface area (Å²) in [5.74, 6) is -0.0154. The molecule has 0 aliphatic rings. The highest BCUT2D eigenvalue weighted by molar-refractivity contribution is 5.97. The van der Waals surface area contributed by atoms with E-state index in [0.29, 0.717) is 11.3 Å². The molecule has 0 aliphatic carbocycles. The van der Waals surface area contributed by atoms with Crippen LogP contribution in [0.25, 0.3) is 0 Å². The van der Waals surface area contributed by atoms with Crippen molar-refractivity contribution < 1.29 is 13.9 Å². The van der Waals surface area contributed by atoms with Crippen LogP contribution in [0.1, 0.15) is 36.7 Å². The molecule has 2 rings (SSSR count). The maximum atomic E-state index is 13.1. The van der Waals surface area contributed by atoms with Crippen molar-refractivity contribution in [1.82, 2.24) is 0 Å². The molecule has 0 saturated carbocycles. The zero-order valence-electron chi connectivity index (χ0n) is 12.5. The molecule has 2 aromatic rings. The normalized spacial score (nSPS) is 11.2. The predicted octanol–water partition coefficient (Wildman–Crippen LogP) is 4.38. The molecular formula is C18H19FO2. The van der Waals surface area contributed by atoms with Crippen LogP contribution in [0.2, 0.25) is 0 Å². The molecule has 3 heteroatoms. The Morgan fingerprint density at radius 3 is 2.48 bits per heavy atom. The molecule has 0 N–H and O–H groups in total. The molecular weight excluding hydrogens is 267 g/mol. The molecule has 2 aromatic carbocycles. The van der Waals surface area contributed by atoms with Gasteiger partial charge in [-0.3, -0.25) is 4.79 Å². The summed E-state index contributed by atoms with van der Waals surface area (Å²) in [6, 6.07) is 13.3. The molecule has 0 fully saturated rings. The molecule has 0 atom stereocenters. The Morgan fingerprint density at radius 2 is 1.81 bits per heavy atom. The minimum Gasteiger partial charge on any atom is -0.485 e. The highest BCUT2D eigenvalue weighted by atomic mass is 19.1. The summed E-state index contributed by atoms with van der Waals surface area (Å²) in [5.41, 5.74) is 1.48. The van der Waals surface area contributed by atoms with Gasteiger partial charge in [0.2, 0.25) is 0 Å². The van der Waals surface area contributed by atoms with Gasteiger partial charge in [-0.2, -0.15) is 0 Å². The smallest absolute Gasteiger partial charge is 0.200 e. The first-order valence-corrected chi connectivity index (χ1v) is 6.88. The number of ether oxygens (including phenoxy) is 1. The van der Waals surface area contributed by atoms with Gasteiger partial charge in [0.1, 0.15) is 11.6 Å². The van der Waals surface area contributed by atoms with Crippen molar-refractivity contribution in [3.8, 4) is 5.75 Å². The molecule has 0 heterocycles. The standard InChI is InChI=1S/C18H19FO2/c1-18(2,3)14-7-5-9-16(11-14)21-12-17(20)13-6-4-8-15(19)10-13/h4-11H,12H2,1-3H3. The third kappa shape index (κ3) is 4.15. The van der Waals surface area contributed by atoms with Crippen LogP contribution in [-0.2, 0) is 5.41 Å². The van der Waals surface area contributed by atoms with E-state index in [1.54, 1.807) is 6.07 Å². The summed E-state index contributed by atoms with van der Waals surface area (Å²) in [6.07, 6.45) is 0. The largest absolute Gasteiger partial charge is 0.485 e. The molecule has 0 saturated heterocycles. The Balaban J connectivity index is 2.05. The summed E-state index contributed by atoms with van der Waals surface area (Å²) in [5, 5.41) is 0. The van der Waals surface area contributed by atoms with Crippen molar-refractivity contribution in [3.63, 3.8) is 0 Å². The van der Waals surface area contributed by atoms with Gasteiger partial charge in [0.15, 0.2) is 12.4 Å². The lowest BCUT2D eigenvalue weighted by molar-refractivity contribution is 0.0921. The number of Topliss-reactive ketones (excluding diaryl/α,β-unsaturated/α-hetero) is 1. The Labute approximate surface area is 124 Å². The van der Waals surface area contributed by atoms with Gasteiger partial charge in [-0.1, -0.05) is 45.0 Å². The summed E-state index contributed by atoms with van der Waals surface area (Å²) in [6.45, 7) is 6.25. The summed E-state index contributed by atoms with van der Waals surface area (Å²) in [4.78, 5) is 12.0. The van der Waals surface area contributed by atoms with Crippen LogP contribution in [0.4, 0.5) is 4.39 Å². The average Bonchev–Trinajstić information content (AvgIpc) is 2.44. The van der Waals surface area contributed by atoms with Gasteiger partial charge in [-0.25, -0.2) is 4.39 Å². The lowest BCUT2D eigenvalue weighted by Crippen LogP contribution is -2.13. The fourth-order valence-electron chi connectivity index (χ4n) is 1.95. The van der Waals surface area contributed by atoms with Gasteiger partial charge in [0.05, 0.1) is 0 Å². The first-order valence-electron chi connectivity index (χ1n) is 6.88. The lowest BCUT2D eigenvalue weighted by atomic mass is 9.87. The second kappa shape index (κ2) is 6.08. The van der Waals surface area contributed by atoms with Gasteiger partial charge >= 0.3 is 0 Å². The minimum atomic E-state index is -0.421. The number of carbonyl (C=O) groups is 1. The zero-order valence-corrected chi connectivity index (χ0v) is 12.5. The second-order valence-corrected chi connectivity index (χ2v) is 6.00. The highest BCUT2D eigenvalue weighted by Gasteiger charge is 2.14. The van der Waals surface area contributed by atoms with E-state index < -0.39 is 5.82 Å². The van der Waals surface area contributed by atoms with E-state index in [0.717, 1.165) is 5.56 Å². The Morgan fingerprint density at radius 1 is 1.10 bits per heavy atom. The van der Waals surface area contributed by atoms with Crippen molar-refractivity contribution >= 4 is 5.78 Å². The van der Waals surface area contributed by atoms with E-state index in [-0.39, 0.29) is 17.8 Å². The molecule has 0 bridgehead atoms. The first kappa shape index (κ1) is 15.2. The number of rotatable bonds is 4. The maximum absolute atomic E-state index is 13.1. The van der Waals surface area contributed by atoms with Crippen LogP contribution >= 0.6 is 0 Å². The minimum absolute atomic E-state index is 0.0198. The van der Waals surface area contributed by atoms with Crippen LogP contribution in [0.3, 0.4) is 0 Å². The Bertz CT molecular complexity index is 642. The van der Waals surface area contributed by atoms with E-state index in [9.17, 15) is 9.18 Å². The van der Waals surface area contributed by atoms with Crippen molar-refractivity contribution in [1.29, 1.82) is 0 Å². The van der Waals surface area contributed by atoms with Crippen molar-refractivity contribution in [3.05, 3.63) is 65.5 Å². The SMILES string of the molecule is CC(C)(C)c1cccc(OCC(=O)c2cccc(F)c2)c1. The van der Waals surface area contributed by atoms with Crippen LogP contribution in [0.5, 0.6) is 5.75 Å². The van der Waals surface area contributed by atoms with Crippen LogP contribution in [-0.4, -0.2) is 12.4 Å². The fourth-order valence-corrected chi connectivity index (χ4v) is 1.95. The third-order valence-electron chi connectivity index (χ3n) is 3.22. The molecule has 0 spiro atoms. The number of halogens is 1. The Kier molecular flexibility index (Phi) is 4.41. The van der Waals surface area contributed by atoms with Crippen molar-refractivity contribution in [2.45, 2.75) is 26.2 Å². The molecule has 0 radical (unpaired) electrons. The third-order valence-corrected chi connectivity index (χ3v) is 3.22. The van der Waals surface area contributed by atoms with E-state index in [1.807, 2.05) is 24.3 Å². The predicted molar refractivity (Wildman–Crippen MR) is 81.4 cm³/mol. The fraction of sp³-hybridized carbons (Fsp3) is 0.278. The van der Waals surface area contributed by atoms with E-state index in [2.05, 4.69) is 20.8 Å². The van der Waals surface area contributed by atoms with Gasteiger partial charge in [0, 0.05) is 5.56 Å². The molecule has 0 aromatic heterocycles. The molecule has 0 aliphatic heterocycles. The molecule has 110 valence electrons. The van der Waals surface area contributed by atoms with Crippen LogP contribution in [0, 0.1) is 5.82 Å². The van der Waals surface area contributed by atoms with Crippen LogP contribution in [0.15, 0.2) is 48.5 Å². The zero-order chi connectivity index (χ0) is 15.5. The number of hydrogen-bond acceptors (Lipinski definition) is 2.